The Hall–Kier alpha value is -2.90. The minimum Gasteiger partial charge on any atom is -0.495 e. The molecule has 0 bridgehead atoms. The van der Waals surface area contributed by atoms with Crippen LogP contribution in [0.1, 0.15) is 18.4 Å². The van der Waals surface area contributed by atoms with E-state index in [2.05, 4.69) is 20.9 Å². The zero-order chi connectivity index (χ0) is 17.1. The van der Waals surface area contributed by atoms with E-state index in [1.165, 1.54) is 10.9 Å². The van der Waals surface area contributed by atoms with Gasteiger partial charge in [0.2, 0.25) is 11.8 Å². The summed E-state index contributed by atoms with van der Waals surface area (Å²) in [6.45, 7) is 1.92. The maximum atomic E-state index is 12.2. The number of hydrogen-bond acceptors (Lipinski definition) is 5. The predicted molar refractivity (Wildman–Crippen MR) is 87.7 cm³/mol. The summed E-state index contributed by atoms with van der Waals surface area (Å²) in [5.74, 6) is 0.727. The van der Waals surface area contributed by atoms with E-state index in [1.54, 1.807) is 13.2 Å². The number of nitrogens with zero attached hydrogens (tertiary/aromatic N) is 3. The summed E-state index contributed by atoms with van der Waals surface area (Å²) < 4.78 is 6.61. The molecular formula is C16H19N5O3. The molecule has 3 rings (SSSR count). The first kappa shape index (κ1) is 16.0. The van der Waals surface area contributed by atoms with E-state index in [4.69, 9.17) is 4.74 Å². The molecule has 1 saturated carbocycles. The highest BCUT2D eigenvalue weighted by molar-refractivity contribution is 5.93. The van der Waals surface area contributed by atoms with Gasteiger partial charge in [-0.1, -0.05) is 11.3 Å². The molecule has 0 spiro atoms. The maximum Gasteiger partial charge on any atom is 0.246 e. The molecule has 8 nitrogen and oxygen atoms in total. The van der Waals surface area contributed by atoms with Crippen molar-refractivity contribution in [2.24, 2.45) is 5.92 Å². The van der Waals surface area contributed by atoms with E-state index in [0.29, 0.717) is 17.3 Å². The minimum atomic E-state index is -0.260. The van der Waals surface area contributed by atoms with Gasteiger partial charge in [0.25, 0.3) is 0 Å². The molecule has 8 heteroatoms. The van der Waals surface area contributed by atoms with E-state index < -0.39 is 0 Å². The third-order valence-electron chi connectivity index (χ3n) is 3.67. The number of carbonyl (C=O) groups excluding carboxylic acids is 2. The van der Waals surface area contributed by atoms with Gasteiger partial charge >= 0.3 is 0 Å². The third kappa shape index (κ3) is 3.89. The van der Waals surface area contributed by atoms with Gasteiger partial charge in [0, 0.05) is 5.92 Å². The molecule has 1 fully saturated rings. The lowest BCUT2D eigenvalue weighted by Crippen LogP contribution is -2.19. The summed E-state index contributed by atoms with van der Waals surface area (Å²) in [4.78, 5) is 23.8. The molecule has 1 aromatic carbocycles. The summed E-state index contributed by atoms with van der Waals surface area (Å²) in [6.07, 6.45) is 3.37. The highest BCUT2D eigenvalue weighted by Gasteiger charge is 2.30. The largest absolute Gasteiger partial charge is 0.495 e. The van der Waals surface area contributed by atoms with Crippen molar-refractivity contribution < 1.29 is 14.3 Å². The van der Waals surface area contributed by atoms with Crippen molar-refractivity contribution in [2.75, 3.05) is 17.7 Å². The summed E-state index contributed by atoms with van der Waals surface area (Å²) in [5.41, 5.74) is 1.61. The second-order valence-corrected chi connectivity index (χ2v) is 5.82. The molecule has 126 valence electrons. The lowest BCUT2D eigenvalue weighted by Gasteiger charge is -2.10. The Kier molecular flexibility index (Phi) is 4.45. The Morgan fingerprint density at radius 3 is 2.83 bits per heavy atom. The molecule has 0 unspecified atom stereocenters. The average molecular weight is 329 g/mol. The molecule has 0 atom stereocenters. The van der Waals surface area contributed by atoms with Gasteiger partial charge in [0.15, 0.2) is 5.82 Å². The van der Waals surface area contributed by atoms with Crippen molar-refractivity contribution in [2.45, 2.75) is 26.3 Å². The van der Waals surface area contributed by atoms with Gasteiger partial charge in [-0.3, -0.25) is 9.59 Å². The van der Waals surface area contributed by atoms with Gasteiger partial charge in [-0.15, -0.1) is 5.10 Å². The standard InChI is InChI=1S/C16H19N5O3/c1-10-3-6-13(24-2)12(7-10)17-15(22)9-21-8-14(19-20-21)18-16(23)11-4-5-11/h3,6-8,11H,4-5,9H2,1-2H3,(H,17,22)(H,18,23). The number of anilines is 2. The summed E-state index contributed by atoms with van der Waals surface area (Å²) >= 11 is 0. The van der Waals surface area contributed by atoms with Crippen LogP contribution in [0.4, 0.5) is 11.5 Å². The van der Waals surface area contributed by atoms with Crippen LogP contribution in [0.3, 0.4) is 0 Å². The van der Waals surface area contributed by atoms with Gasteiger partial charge in [-0.2, -0.15) is 0 Å². The zero-order valence-electron chi connectivity index (χ0n) is 13.6. The maximum absolute atomic E-state index is 12.2. The predicted octanol–water partition coefficient (Wildman–Crippen LogP) is 1.58. The Labute approximate surface area is 139 Å². The average Bonchev–Trinajstić information content (AvgIpc) is 3.30. The summed E-state index contributed by atoms with van der Waals surface area (Å²) in [5, 5.41) is 13.2. The van der Waals surface area contributed by atoms with E-state index >= 15 is 0 Å². The minimum absolute atomic E-state index is 0.0105. The number of aryl methyl sites for hydroxylation is 1. The highest BCUT2D eigenvalue weighted by Crippen LogP contribution is 2.29. The first-order valence-electron chi connectivity index (χ1n) is 7.70. The number of ether oxygens (including phenoxy) is 1. The summed E-state index contributed by atoms with van der Waals surface area (Å²) in [7, 11) is 1.55. The molecular weight excluding hydrogens is 310 g/mol. The van der Waals surface area contributed by atoms with Gasteiger partial charge in [0.1, 0.15) is 12.3 Å². The molecule has 1 aliphatic rings. The van der Waals surface area contributed by atoms with Crippen molar-refractivity contribution in [3.8, 4) is 5.75 Å². The number of nitrogens with one attached hydrogen (secondary N) is 2. The van der Waals surface area contributed by atoms with E-state index in [9.17, 15) is 9.59 Å². The van der Waals surface area contributed by atoms with Crippen LogP contribution < -0.4 is 15.4 Å². The fourth-order valence-electron chi connectivity index (χ4n) is 2.26. The smallest absolute Gasteiger partial charge is 0.246 e. The Bertz CT molecular complexity index is 767. The quantitative estimate of drug-likeness (QED) is 0.838. The highest BCUT2D eigenvalue weighted by atomic mass is 16.5. The number of rotatable bonds is 6. The van der Waals surface area contributed by atoms with Crippen LogP contribution in [0.25, 0.3) is 0 Å². The summed E-state index contributed by atoms with van der Waals surface area (Å²) in [6, 6.07) is 5.53. The van der Waals surface area contributed by atoms with Crippen molar-refractivity contribution in [1.82, 2.24) is 15.0 Å². The van der Waals surface area contributed by atoms with Gasteiger partial charge in [-0.05, 0) is 37.5 Å². The Morgan fingerprint density at radius 1 is 1.33 bits per heavy atom. The van der Waals surface area contributed by atoms with Crippen LogP contribution in [-0.2, 0) is 16.1 Å². The van der Waals surface area contributed by atoms with Crippen LogP contribution in [0.15, 0.2) is 24.4 Å². The van der Waals surface area contributed by atoms with Gasteiger partial charge < -0.3 is 15.4 Å². The number of aromatic nitrogens is 3. The lowest BCUT2D eigenvalue weighted by molar-refractivity contribution is -0.117. The molecule has 0 aliphatic heterocycles. The van der Waals surface area contributed by atoms with E-state index in [1.807, 2.05) is 19.1 Å². The topological polar surface area (TPSA) is 98.1 Å². The third-order valence-corrected chi connectivity index (χ3v) is 3.67. The number of amides is 2. The van der Waals surface area contributed by atoms with E-state index in [0.717, 1.165) is 18.4 Å². The fraction of sp³-hybridized carbons (Fsp3) is 0.375. The van der Waals surface area contributed by atoms with E-state index in [-0.39, 0.29) is 24.3 Å². The molecule has 1 aromatic heterocycles. The monoisotopic (exact) mass is 329 g/mol. The zero-order valence-corrected chi connectivity index (χ0v) is 13.6. The lowest BCUT2D eigenvalue weighted by atomic mass is 10.2. The van der Waals surface area contributed by atoms with Crippen LogP contribution in [0.2, 0.25) is 0 Å². The molecule has 2 N–H and O–H groups in total. The second kappa shape index (κ2) is 6.69. The molecule has 1 aliphatic carbocycles. The molecule has 1 heterocycles. The van der Waals surface area contributed by atoms with Gasteiger partial charge in [0.05, 0.1) is 19.0 Å². The van der Waals surface area contributed by atoms with Crippen molar-refractivity contribution in [1.29, 1.82) is 0 Å². The normalized spacial score (nSPS) is 13.4. The molecule has 0 radical (unpaired) electrons. The van der Waals surface area contributed by atoms with Crippen molar-refractivity contribution in [3.05, 3.63) is 30.0 Å². The Morgan fingerprint density at radius 2 is 2.12 bits per heavy atom. The molecule has 2 amide bonds. The van der Waals surface area contributed by atoms with Crippen LogP contribution in [-0.4, -0.2) is 33.9 Å². The number of methoxy groups -OCH3 is 1. The SMILES string of the molecule is COc1ccc(C)cc1NC(=O)Cn1cc(NC(=O)C2CC2)nn1. The number of benzene rings is 1. The fourth-order valence-corrected chi connectivity index (χ4v) is 2.26. The molecule has 2 aromatic rings. The van der Waals surface area contributed by atoms with Crippen LogP contribution in [0.5, 0.6) is 5.75 Å². The number of carbonyl (C=O) groups is 2. The molecule has 0 saturated heterocycles. The number of hydrogen-bond donors (Lipinski definition) is 2. The van der Waals surface area contributed by atoms with Crippen LogP contribution >= 0.6 is 0 Å². The Balaban J connectivity index is 1.60. The van der Waals surface area contributed by atoms with Crippen molar-refractivity contribution >= 4 is 23.3 Å². The van der Waals surface area contributed by atoms with Crippen molar-refractivity contribution in [3.63, 3.8) is 0 Å². The first-order chi connectivity index (χ1) is 11.5. The molecule has 24 heavy (non-hydrogen) atoms. The second-order valence-electron chi connectivity index (χ2n) is 5.82. The van der Waals surface area contributed by atoms with Crippen LogP contribution in [0, 0.1) is 12.8 Å². The van der Waals surface area contributed by atoms with Gasteiger partial charge in [-0.25, -0.2) is 4.68 Å². The first-order valence-corrected chi connectivity index (χ1v) is 7.70.